The molecular weight excluding hydrogens is 223 g/mol. The number of halogens is 2. The number of imidazole rings is 1. The number of hydrogen-bond acceptors (Lipinski definition) is 3. The summed E-state index contributed by atoms with van der Waals surface area (Å²) in [4.78, 5) is 8.03. The van der Waals surface area contributed by atoms with Crippen molar-refractivity contribution < 1.29 is 0 Å². The van der Waals surface area contributed by atoms with Gasteiger partial charge in [0.1, 0.15) is 12.1 Å². The second-order valence-electron chi connectivity index (χ2n) is 2.42. The highest BCUT2D eigenvalue weighted by Crippen LogP contribution is 2.05. The van der Waals surface area contributed by atoms with E-state index in [9.17, 15) is 0 Å². The van der Waals surface area contributed by atoms with Gasteiger partial charge in [-0.15, -0.1) is 24.8 Å². The standard InChI is InChI=1S/C8H8N4.2ClH/c9-7-1-2-8(11-5-7)12-4-3-10-6-12;;/h1-6H,9H2;2*1H. The van der Waals surface area contributed by atoms with Gasteiger partial charge in [-0.3, -0.25) is 4.57 Å². The van der Waals surface area contributed by atoms with E-state index in [2.05, 4.69) is 9.97 Å². The van der Waals surface area contributed by atoms with E-state index in [4.69, 9.17) is 5.73 Å². The highest BCUT2D eigenvalue weighted by molar-refractivity contribution is 5.85. The molecule has 0 saturated carbocycles. The first kappa shape index (κ1) is 12.7. The molecule has 0 atom stereocenters. The zero-order valence-corrected chi connectivity index (χ0v) is 8.83. The summed E-state index contributed by atoms with van der Waals surface area (Å²) in [6.07, 6.45) is 6.85. The lowest BCUT2D eigenvalue weighted by atomic mass is 10.4. The Balaban J connectivity index is 0.000000845. The lowest BCUT2D eigenvalue weighted by Crippen LogP contribution is -1.94. The van der Waals surface area contributed by atoms with Crippen LogP contribution in [0.1, 0.15) is 0 Å². The molecule has 0 aliphatic heterocycles. The number of nitrogens with zero attached hydrogens (tertiary/aromatic N) is 3. The number of nitrogens with two attached hydrogens (primary N) is 1. The predicted molar refractivity (Wildman–Crippen MR) is 60.3 cm³/mol. The van der Waals surface area contributed by atoms with Crippen LogP contribution >= 0.6 is 24.8 Å². The van der Waals surface area contributed by atoms with Gasteiger partial charge in [0.05, 0.1) is 11.9 Å². The van der Waals surface area contributed by atoms with Crippen molar-refractivity contribution in [1.29, 1.82) is 0 Å². The number of aromatic nitrogens is 3. The van der Waals surface area contributed by atoms with Crippen LogP contribution in [0.15, 0.2) is 37.1 Å². The van der Waals surface area contributed by atoms with Crippen LogP contribution < -0.4 is 5.73 Å². The van der Waals surface area contributed by atoms with Gasteiger partial charge < -0.3 is 5.73 Å². The van der Waals surface area contributed by atoms with E-state index in [-0.39, 0.29) is 24.8 Å². The molecule has 0 fully saturated rings. The Morgan fingerprint density at radius 1 is 1.21 bits per heavy atom. The maximum Gasteiger partial charge on any atom is 0.137 e. The summed E-state index contributed by atoms with van der Waals surface area (Å²) in [5, 5.41) is 0. The Hall–Kier alpha value is -1.26. The zero-order valence-electron chi connectivity index (χ0n) is 7.20. The Labute approximate surface area is 94.0 Å². The molecule has 0 amide bonds. The van der Waals surface area contributed by atoms with Gasteiger partial charge in [-0.1, -0.05) is 0 Å². The average Bonchev–Trinajstić information content (AvgIpc) is 2.58. The first-order valence-corrected chi connectivity index (χ1v) is 3.56. The quantitative estimate of drug-likeness (QED) is 0.815. The third-order valence-electron chi connectivity index (χ3n) is 1.54. The maximum absolute atomic E-state index is 5.49. The third kappa shape index (κ3) is 2.61. The van der Waals surface area contributed by atoms with Gasteiger partial charge in [0, 0.05) is 12.4 Å². The molecule has 0 aliphatic rings. The lowest BCUT2D eigenvalue weighted by Gasteiger charge is -1.99. The van der Waals surface area contributed by atoms with Gasteiger partial charge in [-0.25, -0.2) is 9.97 Å². The minimum absolute atomic E-state index is 0. The summed E-state index contributed by atoms with van der Waals surface area (Å²) < 4.78 is 1.82. The van der Waals surface area contributed by atoms with Crippen molar-refractivity contribution >= 4 is 30.5 Å². The Kier molecular flexibility index (Phi) is 4.97. The first-order chi connectivity index (χ1) is 5.86. The number of anilines is 1. The second kappa shape index (κ2) is 5.47. The maximum atomic E-state index is 5.49. The minimum Gasteiger partial charge on any atom is -0.397 e. The van der Waals surface area contributed by atoms with E-state index in [1.165, 1.54) is 0 Å². The van der Waals surface area contributed by atoms with E-state index >= 15 is 0 Å². The Morgan fingerprint density at radius 3 is 2.50 bits per heavy atom. The Bertz CT molecular complexity index is 357. The largest absolute Gasteiger partial charge is 0.397 e. The van der Waals surface area contributed by atoms with Crippen LogP contribution in [-0.2, 0) is 0 Å². The predicted octanol–water partition coefficient (Wildman–Crippen LogP) is 1.69. The van der Waals surface area contributed by atoms with Gasteiger partial charge in [-0.05, 0) is 12.1 Å². The molecule has 2 aromatic heterocycles. The fraction of sp³-hybridized carbons (Fsp3) is 0. The second-order valence-corrected chi connectivity index (χ2v) is 2.42. The molecule has 0 spiro atoms. The molecule has 0 aromatic carbocycles. The van der Waals surface area contributed by atoms with Crippen LogP contribution in [-0.4, -0.2) is 14.5 Å². The molecule has 6 heteroatoms. The molecule has 2 aromatic rings. The summed E-state index contributed by atoms with van der Waals surface area (Å²) in [6, 6.07) is 3.65. The topological polar surface area (TPSA) is 56.7 Å². The van der Waals surface area contributed by atoms with E-state index in [0.717, 1.165) is 5.82 Å². The summed E-state index contributed by atoms with van der Waals surface area (Å²) >= 11 is 0. The molecule has 76 valence electrons. The van der Waals surface area contributed by atoms with Gasteiger partial charge in [0.2, 0.25) is 0 Å². The summed E-state index contributed by atoms with van der Waals surface area (Å²) in [5.74, 6) is 0.821. The first-order valence-electron chi connectivity index (χ1n) is 3.56. The molecule has 0 bridgehead atoms. The number of nitrogen functional groups attached to an aromatic ring is 1. The van der Waals surface area contributed by atoms with Crippen molar-refractivity contribution in [3.63, 3.8) is 0 Å². The summed E-state index contributed by atoms with van der Waals surface area (Å²) in [5.41, 5.74) is 6.16. The third-order valence-corrected chi connectivity index (χ3v) is 1.54. The molecule has 2 heterocycles. The molecule has 4 nitrogen and oxygen atoms in total. The molecule has 2 rings (SSSR count). The molecule has 0 saturated heterocycles. The van der Waals surface area contributed by atoms with Crippen LogP contribution in [0.2, 0.25) is 0 Å². The van der Waals surface area contributed by atoms with Crippen LogP contribution in [0, 0.1) is 0 Å². The summed E-state index contributed by atoms with van der Waals surface area (Å²) in [7, 11) is 0. The average molecular weight is 233 g/mol. The van der Waals surface area contributed by atoms with E-state index in [1.807, 2.05) is 22.9 Å². The van der Waals surface area contributed by atoms with Crippen LogP contribution in [0.5, 0.6) is 0 Å². The minimum atomic E-state index is 0. The van der Waals surface area contributed by atoms with Crippen molar-refractivity contribution in [2.75, 3.05) is 5.73 Å². The van der Waals surface area contributed by atoms with Crippen molar-refractivity contribution in [3.8, 4) is 5.82 Å². The number of rotatable bonds is 1. The normalized spacial score (nSPS) is 8.57. The van der Waals surface area contributed by atoms with Gasteiger partial charge >= 0.3 is 0 Å². The number of hydrogen-bond donors (Lipinski definition) is 1. The zero-order chi connectivity index (χ0) is 8.39. The van der Waals surface area contributed by atoms with Crippen LogP contribution in [0.4, 0.5) is 5.69 Å². The van der Waals surface area contributed by atoms with E-state index < -0.39 is 0 Å². The highest BCUT2D eigenvalue weighted by Gasteiger charge is 1.94. The fourth-order valence-electron chi connectivity index (χ4n) is 0.945. The Morgan fingerprint density at radius 2 is 2.00 bits per heavy atom. The van der Waals surface area contributed by atoms with Crippen molar-refractivity contribution in [2.45, 2.75) is 0 Å². The van der Waals surface area contributed by atoms with Crippen LogP contribution in [0.25, 0.3) is 5.82 Å². The fourth-order valence-corrected chi connectivity index (χ4v) is 0.945. The van der Waals surface area contributed by atoms with E-state index in [1.54, 1.807) is 18.7 Å². The molecule has 0 aliphatic carbocycles. The van der Waals surface area contributed by atoms with E-state index in [0.29, 0.717) is 5.69 Å². The SMILES string of the molecule is Cl.Cl.Nc1ccc(-n2ccnc2)nc1. The number of pyridine rings is 1. The summed E-state index contributed by atoms with van der Waals surface area (Å²) in [6.45, 7) is 0. The van der Waals surface area contributed by atoms with Crippen molar-refractivity contribution in [2.24, 2.45) is 0 Å². The van der Waals surface area contributed by atoms with Crippen LogP contribution in [0.3, 0.4) is 0 Å². The van der Waals surface area contributed by atoms with Gasteiger partial charge in [0.25, 0.3) is 0 Å². The van der Waals surface area contributed by atoms with Crippen molar-refractivity contribution in [3.05, 3.63) is 37.1 Å². The highest BCUT2D eigenvalue weighted by atomic mass is 35.5. The van der Waals surface area contributed by atoms with Crippen molar-refractivity contribution in [1.82, 2.24) is 14.5 Å². The lowest BCUT2D eigenvalue weighted by molar-refractivity contribution is 0.994. The molecule has 2 N–H and O–H groups in total. The smallest absolute Gasteiger partial charge is 0.137 e. The monoisotopic (exact) mass is 232 g/mol. The molecule has 14 heavy (non-hydrogen) atoms. The molecule has 0 radical (unpaired) electrons. The molecular formula is C8H10Cl2N4. The molecule has 0 unspecified atom stereocenters. The van der Waals surface area contributed by atoms with Gasteiger partial charge in [0.15, 0.2) is 0 Å². The van der Waals surface area contributed by atoms with Gasteiger partial charge in [-0.2, -0.15) is 0 Å².